The summed E-state index contributed by atoms with van der Waals surface area (Å²) in [6.45, 7) is 0. The van der Waals surface area contributed by atoms with Crippen molar-refractivity contribution in [2.45, 2.75) is 6.18 Å². The van der Waals surface area contributed by atoms with Gasteiger partial charge in [0.2, 0.25) is 0 Å². The molecule has 0 bridgehead atoms. The van der Waals surface area contributed by atoms with Crippen LogP contribution in [0.4, 0.5) is 13.2 Å². The third-order valence-corrected chi connectivity index (χ3v) is 3.14. The Labute approximate surface area is 127 Å². The van der Waals surface area contributed by atoms with E-state index in [1.54, 1.807) is 0 Å². The molecule has 9 heteroatoms. The number of fused-ring (bicyclic) bond motifs is 1. The second kappa shape index (κ2) is 5.34. The first kappa shape index (κ1) is 14.9. The van der Waals surface area contributed by atoms with Gasteiger partial charge in [-0.05, 0) is 24.3 Å². The number of alkyl halides is 3. The van der Waals surface area contributed by atoms with Crippen LogP contribution in [-0.2, 0) is 6.18 Å². The summed E-state index contributed by atoms with van der Waals surface area (Å²) in [6.07, 6.45) is -2.75. The maximum atomic E-state index is 13.2. The van der Waals surface area contributed by atoms with E-state index in [9.17, 15) is 18.0 Å². The Hall–Kier alpha value is -2.97. The number of hydrogen-bond acceptors (Lipinski definition) is 5. The SMILES string of the molecule is COc1ccc(C(=O)c2cn3ncnc3nc2C(F)(F)F)cc1. The van der Waals surface area contributed by atoms with Gasteiger partial charge in [0.05, 0.1) is 12.7 Å². The molecule has 1 aromatic carbocycles. The Morgan fingerprint density at radius 2 is 1.91 bits per heavy atom. The van der Waals surface area contributed by atoms with Crippen molar-refractivity contribution in [3.8, 4) is 5.75 Å². The standard InChI is InChI=1S/C14H9F3N4O2/c1-23-9-4-2-8(3-5-9)11(22)10-6-21-13(18-7-19-21)20-12(10)14(15,16)17/h2-7H,1H3. The smallest absolute Gasteiger partial charge is 0.434 e. The lowest BCUT2D eigenvalue weighted by Gasteiger charge is -2.11. The maximum Gasteiger partial charge on any atom is 0.434 e. The average Bonchev–Trinajstić information content (AvgIpc) is 2.99. The second-order valence-corrected chi connectivity index (χ2v) is 4.56. The number of nitrogens with zero attached hydrogens (tertiary/aromatic N) is 4. The molecule has 0 fully saturated rings. The molecule has 0 saturated heterocycles. The van der Waals surface area contributed by atoms with Gasteiger partial charge >= 0.3 is 6.18 Å². The highest BCUT2D eigenvalue weighted by Gasteiger charge is 2.38. The van der Waals surface area contributed by atoms with Crippen molar-refractivity contribution in [2.24, 2.45) is 0 Å². The number of benzene rings is 1. The zero-order valence-electron chi connectivity index (χ0n) is 11.7. The summed E-state index contributed by atoms with van der Waals surface area (Å²) in [4.78, 5) is 19.4. The lowest BCUT2D eigenvalue weighted by molar-refractivity contribution is -0.141. The number of rotatable bonds is 3. The summed E-state index contributed by atoms with van der Waals surface area (Å²) in [7, 11) is 1.45. The van der Waals surface area contributed by atoms with E-state index in [0.29, 0.717) is 5.75 Å². The van der Waals surface area contributed by atoms with Gasteiger partial charge in [0.1, 0.15) is 12.1 Å². The zero-order chi connectivity index (χ0) is 16.6. The number of aromatic nitrogens is 4. The van der Waals surface area contributed by atoms with Gasteiger partial charge in [-0.25, -0.2) is 9.50 Å². The van der Waals surface area contributed by atoms with Crippen LogP contribution in [0.1, 0.15) is 21.6 Å². The molecule has 0 aliphatic heterocycles. The molecule has 0 saturated carbocycles. The molecule has 0 spiro atoms. The van der Waals surface area contributed by atoms with E-state index in [2.05, 4.69) is 15.1 Å². The number of carbonyl (C=O) groups is 1. The summed E-state index contributed by atoms with van der Waals surface area (Å²) in [6, 6.07) is 5.74. The molecule has 118 valence electrons. The first-order valence-corrected chi connectivity index (χ1v) is 6.36. The summed E-state index contributed by atoms with van der Waals surface area (Å²) in [5, 5.41) is 3.71. The minimum absolute atomic E-state index is 0.0811. The van der Waals surface area contributed by atoms with Crippen LogP contribution < -0.4 is 4.74 Å². The summed E-state index contributed by atoms with van der Waals surface area (Å²) < 4.78 is 45.5. The molecular weight excluding hydrogens is 313 g/mol. The van der Waals surface area contributed by atoms with E-state index in [-0.39, 0.29) is 11.3 Å². The van der Waals surface area contributed by atoms with Crippen LogP contribution in [0.3, 0.4) is 0 Å². The van der Waals surface area contributed by atoms with E-state index in [4.69, 9.17) is 4.74 Å². The van der Waals surface area contributed by atoms with Gasteiger partial charge in [-0.3, -0.25) is 4.79 Å². The summed E-state index contributed by atoms with van der Waals surface area (Å²) in [5.41, 5.74) is -1.81. The number of ether oxygens (including phenoxy) is 1. The highest BCUT2D eigenvalue weighted by molar-refractivity contribution is 6.09. The van der Waals surface area contributed by atoms with Crippen molar-refractivity contribution < 1.29 is 22.7 Å². The summed E-state index contributed by atoms with van der Waals surface area (Å²) >= 11 is 0. The highest BCUT2D eigenvalue weighted by atomic mass is 19.4. The van der Waals surface area contributed by atoms with Gasteiger partial charge in [0, 0.05) is 11.8 Å². The Morgan fingerprint density at radius 3 is 2.52 bits per heavy atom. The van der Waals surface area contributed by atoms with Crippen molar-refractivity contribution >= 4 is 11.6 Å². The number of carbonyl (C=O) groups excluding carboxylic acids is 1. The minimum Gasteiger partial charge on any atom is -0.497 e. The Balaban J connectivity index is 2.14. The van der Waals surface area contributed by atoms with Crippen LogP contribution >= 0.6 is 0 Å². The minimum atomic E-state index is -4.79. The van der Waals surface area contributed by atoms with Crippen LogP contribution in [0.2, 0.25) is 0 Å². The molecule has 0 aliphatic carbocycles. The molecule has 3 aromatic rings. The van der Waals surface area contributed by atoms with Crippen molar-refractivity contribution in [3.63, 3.8) is 0 Å². The topological polar surface area (TPSA) is 69.4 Å². The van der Waals surface area contributed by atoms with Gasteiger partial charge in [0.15, 0.2) is 11.5 Å². The number of ketones is 1. The molecule has 0 N–H and O–H groups in total. The van der Waals surface area contributed by atoms with Gasteiger partial charge in [-0.2, -0.15) is 23.3 Å². The van der Waals surface area contributed by atoms with Crippen LogP contribution in [0, 0.1) is 0 Å². The molecule has 0 unspecified atom stereocenters. The molecule has 2 heterocycles. The number of hydrogen-bond donors (Lipinski definition) is 0. The van der Waals surface area contributed by atoms with Crippen molar-refractivity contribution in [2.75, 3.05) is 7.11 Å². The van der Waals surface area contributed by atoms with E-state index in [0.717, 1.165) is 17.0 Å². The van der Waals surface area contributed by atoms with Crippen molar-refractivity contribution in [1.29, 1.82) is 0 Å². The predicted molar refractivity (Wildman–Crippen MR) is 72.2 cm³/mol. The molecule has 6 nitrogen and oxygen atoms in total. The molecule has 0 amide bonds. The molecular formula is C14H9F3N4O2. The van der Waals surface area contributed by atoms with Gasteiger partial charge in [-0.1, -0.05) is 0 Å². The normalized spacial score (nSPS) is 11.7. The van der Waals surface area contributed by atoms with Gasteiger partial charge in [-0.15, -0.1) is 0 Å². The maximum absolute atomic E-state index is 13.2. The van der Waals surface area contributed by atoms with E-state index in [1.165, 1.54) is 31.4 Å². The fraction of sp³-hybridized carbons (Fsp3) is 0.143. The van der Waals surface area contributed by atoms with Crippen LogP contribution in [0.5, 0.6) is 5.75 Å². The van der Waals surface area contributed by atoms with E-state index >= 15 is 0 Å². The molecule has 2 aromatic heterocycles. The van der Waals surface area contributed by atoms with Crippen LogP contribution in [0.15, 0.2) is 36.8 Å². The average molecular weight is 322 g/mol. The zero-order valence-corrected chi connectivity index (χ0v) is 11.7. The fourth-order valence-electron chi connectivity index (χ4n) is 2.04. The van der Waals surface area contributed by atoms with Crippen LogP contribution in [-0.4, -0.2) is 32.5 Å². The van der Waals surface area contributed by atoms with Crippen molar-refractivity contribution in [3.05, 3.63) is 53.6 Å². The quantitative estimate of drug-likeness (QED) is 0.693. The first-order chi connectivity index (χ1) is 10.9. The summed E-state index contributed by atoms with van der Waals surface area (Å²) in [5.74, 6) is -0.559. The Kier molecular flexibility index (Phi) is 3.47. The third kappa shape index (κ3) is 2.72. The number of halogens is 3. The lowest BCUT2D eigenvalue weighted by atomic mass is 10.0. The lowest BCUT2D eigenvalue weighted by Crippen LogP contribution is -2.18. The Morgan fingerprint density at radius 1 is 1.22 bits per heavy atom. The largest absolute Gasteiger partial charge is 0.497 e. The van der Waals surface area contributed by atoms with Gasteiger partial charge < -0.3 is 4.74 Å². The molecule has 0 radical (unpaired) electrons. The van der Waals surface area contributed by atoms with E-state index < -0.39 is 23.2 Å². The molecule has 0 aliphatic rings. The first-order valence-electron chi connectivity index (χ1n) is 6.36. The molecule has 23 heavy (non-hydrogen) atoms. The molecule has 0 atom stereocenters. The number of methoxy groups -OCH3 is 1. The second-order valence-electron chi connectivity index (χ2n) is 4.56. The highest BCUT2D eigenvalue weighted by Crippen LogP contribution is 2.31. The third-order valence-electron chi connectivity index (χ3n) is 3.14. The molecule has 3 rings (SSSR count). The van der Waals surface area contributed by atoms with Crippen molar-refractivity contribution in [1.82, 2.24) is 19.6 Å². The van der Waals surface area contributed by atoms with Crippen LogP contribution in [0.25, 0.3) is 5.78 Å². The Bertz CT molecular complexity index is 872. The fourth-order valence-corrected chi connectivity index (χ4v) is 2.04. The van der Waals surface area contributed by atoms with E-state index in [1.807, 2.05) is 0 Å². The van der Waals surface area contributed by atoms with Gasteiger partial charge in [0.25, 0.3) is 5.78 Å². The monoisotopic (exact) mass is 322 g/mol. The predicted octanol–water partition coefficient (Wildman–Crippen LogP) is 2.38.